The fraction of sp³-hybridized carbons (Fsp3) is 0.167. The van der Waals surface area contributed by atoms with Gasteiger partial charge in [0.1, 0.15) is 23.0 Å². The van der Waals surface area contributed by atoms with Crippen LogP contribution < -0.4 is 18.9 Å². The molecule has 0 aliphatic heterocycles. The molecule has 0 spiro atoms. The normalized spacial score (nSPS) is 11.8. The van der Waals surface area contributed by atoms with Crippen molar-refractivity contribution < 1.29 is 18.9 Å². The van der Waals surface area contributed by atoms with E-state index in [-0.39, 0.29) is 5.41 Å². The predicted octanol–water partition coefficient (Wildman–Crippen LogP) is 12.6. The molecule has 0 fully saturated rings. The molecule has 4 nitrogen and oxygen atoms in total. The molecule has 4 heteroatoms. The number of ether oxygens (including phenoxy) is 4. The van der Waals surface area contributed by atoms with Crippen molar-refractivity contribution >= 4 is 32.3 Å². The first kappa shape index (κ1) is 33.2. The topological polar surface area (TPSA) is 36.9 Å². The second kappa shape index (κ2) is 13.0. The van der Waals surface area contributed by atoms with E-state index in [1.54, 1.807) is 28.4 Å². The van der Waals surface area contributed by atoms with Crippen LogP contribution in [0.3, 0.4) is 0 Å². The van der Waals surface area contributed by atoms with Gasteiger partial charge in [0.25, 0.3) is 0 Å². The van der Waals surface area contributed by atoms with Crippen molar-refractivity contribution in [3.63, 3.8) is 0 Å². The molecule has 0 aromatic heterocycles. The lowest BCUT2D eigenvalue weighted by Gasteiger charge is -2.26. The second-order valence-electron chi connectivity index (χ2n) is 14.4. The van der Waals surface area contributed by atoms with Crippen LogP contribution in [0.25, 0.3) is 76.8 Å². The van der Waals surface area contributed by atoms with Crippen LogP contribution in [0, 0.1) is 0 Å². The Morgan fingerprint density at radius 1 is 0.327 bits per heavy atom. The van der Waals surface area contributed by atoms with E-state index in [1.807, 2.05) is 24.3 Å². The molecule has 0 unspecified atom stereocenters. The van der Waals surface area contributed by atoms with E-state index >= 15 is 0 Å². The van der Waals surface area contributed by atoms with Crippen molar-refractivity contribution in [1.82, 2.24) is 0 Å². The highest BCUT2D eigenvalue weighted by atomic mass is 16.5. The first-order valence-corrected chi connectivity index (χ1v) is 17.6. The van der Waals surface area contributed by atoms with Gasteiger partial charge in [-0.2, -0.15) is 0 Å². The van der Waals surface area contributed by atoms with Gasteiger partial charge in [0.05, 0.1) is 28.4 Å². The van der Waals surface area contributed by atoms with Crippen LogP contribution in [0.2, 0.25) is 0 Å². The first-order chi connectivity index (χ1) is 25.2. The fourth-order valence-corrected chi connectivity index (χ4v) is 7.53. The average molecular weight is 683 g/mol. The molecule has 0 saturated heterocycles. The van der Waals surface area contributed by atoms with E-state index in [1.165, 1.54) is 49.0 Å². The summed E-state index contributed by atoms with van der Waals surface area (Å²) in [6.07, 6.45) is 0. The summed E-state index contributed by atoms with van der Waals surface area (Å²) in [7, 11) is 6.84. The van der Waals surface area contributed by atoms with Crippen LogP contribution in [-0.4, -0.2) is 28.4 Å². The summed E-state index contributed by atoms with van der Waals surface area (Å²) in [4.78, 5) is 0. The monoisotopic (exact) mass is 682 g/mol. The molecule has 0 aliphatic rings. The van der Waals surface area contributed by atoms with E-state index in [0.29, 0.717) is 0 Å². The average Bonchev–Trinajstić information content (AvgIpc) is 3.19. The summed E-state index contributed by atoms with van der Waals surface area (Å²) in [6.45, 7) is 6.89. The van der Waals surface area contributed by atoms with Gasteiger partial charge < -0.3 is 18.9 Å². The second-order valence-corrected chi connectivity index (χ2v) is 14.4. The van der Waals surface area contributed by atoms with Gasteiger partial charge in [-0.3, -0.25) is 0 Å². The van der Waals surface area contributed by atoms with Gasteiger partial charge in [-0.1, -0.05) is 69.3 Å². The zero-order valence-electron chi connectivity index (χ0n) is 30.8. The Hall–Kier alpha value is -6.00. The number of methoxy groups -OCH3 is 4. The molecule has 0 atom stereocenters. The molecule has 0 amide bonds. The van der Waals surface area contributed by atoms with Gasteiger partial charge in [-0.05, 0) is 167 Å². The number of rotatable bonds is 8. The third-order valence-corrected chi connectivity index (χ3v) is 10.4. The number of hydrogen-bond acceptors (Lipinski definition) is 4. The Labute approximate surface area is 305 Å². The lowest BCUT2D eigenvalue weighted by molar-refractivity contribution is 0.415. The van der Waals surface area contributed by atoms with Crippen LogP contribution >= 0.6 is 0 Å². The zero-order chi connectivity index (χ0) is 36.1. The van der Waals surface area contributed by atoms with Gasteiger partial charge in [0, 0.05) is 0 Å². The minimum absolute atomic E-state index is 0.0820. The number of hydrogen-bond donors (Lipinski definition) is 0. The van der Waals surface area contributed by atoms with E-state index in [9.17, 15) is 0 Å². The summed E-state index contributed by atoms with van der Waals surface area (Å²) in [5.74, 6) is 3.33. The minimum atomic E-state index is -0.0820. The summed E-state index contributed by atoms with van der Waals surface area (Å²) in [5, 5.41) is 7.36. The standard InChI is InChI=1S/C48H42O4/c1-48(2,3)33-24-42-40(31-12-20-36(51-6)21-13-31)27-44-38(29-8-16-34(49-4)17-9-29)26-39(30-10-18-35(50-5)19-11-30)45-28-41(43(25-33)46(42)47(44)45)32-14-22-37(52-7)23-15-32/h8-28H,1-7H3. The van der Waals surface area contributed by atoms with Crippen molar-refractivity contribution in [2.24, 2.45) is 0 Å². The van der Waals surface area contributed by atoms with E-state index in [0.717, 1.165) is 56.4 Å². The predicted molar refractivity (Wildman–Crippen MR) is 217 cm³/mol. The Bertz CT molecular complexity index is 2370. The van der Waals surface area contributed by atoms with Crippen LogP contribution in [0.4, 0.5) is 0 Å². The smallest absolute Gasteiger partial charge is 0.118 e. The third-order valence-electron chi connectivity index (χ3n) is 10.4. The highest BCUT2D eigenvalue weighted by Crippen LogP contribution is 2.51. The van der Waals surface area contributed by atoms with Crippen LogP contribution in [0.5, 0.6) is 23.0 Å². The summed E-state index contributed by atoms with van der Waals surface area (Å²) in [6, 6.07) is 45.8. The Morgan fingerprint density at radius 2 is 0.577 bits per heavy atom. The molecule has 258 valence electrons. The SMILES string of the molecule is COc1ccc(-c2cc3c(-c4ccc(OC)cc4)cc(-c4ccc(OC)cc4)c4cc(-c5ccc(OC)cc5)c5cc(C(C)(C)C)cc2c5c34)cc1. The molecule has 0 aliphatic carbocycles. The van der Waals surface area contributed by atoms with Crippen molar-refractivity contribution in [2.75, 3.05) is 28.4 Å². The lowest BCUT2D eigenvalue weighted by atomic mass is 9.78. The van der Waals surface area contributed by atoms with Crippen LogP contribution in [0.15, 0.2) is 127 Å². The van der Waals surface area contributed by atoms with Gasteiger partial charge in [-0.25, -0.2) is 0 Å². The summed E-state index contributed by atoms with van der Waals surface area (Å²) < 4.78 is 22.3. The van der Waals surface area contributed by atoms with Crippen LogP contribution in [0.1, 0.15) is 26.3 Å². The lowest BCUT2D eigenvalue weighted by Crippen LogP contribution is -2.11. The molecule has 0 N–H and O–H groups in total. The van der Waals surface area contributed by atoms with E-state index in [4.69, 9.17) is 18.9 Å². The van der Waals surface area contributed by atoms with Crippen molar-refractivity contribution in [3.05, 3.63) is 133 Å². The quantitative estimate of drug-likeness (QED) is 0.150. The Balaban J connectivity index is 1.60. The third kappa shape index (κ3) is 5.65. The van der Waals surface area contributed by atoms with E-state index < -0.39 is 0 Å². The maximum Gasteiger partial charge on any atom is 0.118 e. The van der Waals surface area contributed by atoms with Crippen LogP contribution in [-0.2, 0) is 5.41 Å². The largest absolute Gasteiger partial charge is 0.497 e. The van der Waals surface area contributed by atoms with Crippen molar-refractivity contribution in [2.45, 2.75) is 26.2 Å². The van der Waals surface area contributed by atoms with Gasteiger partial charge >= 0.3 is 0 Å². The molecule has 8 aromatic rings. The highest BCUT2D eigenvalue weighted by Gasteiger charge is 2.25. The van der Waals surface area contributed by atoms with Gasteiger partial charge in [0.2, 0.25) is 0 Å². The highest BCUT2D eigenvalue weighted by molar-refractivity contribution is 6.33. The first-order valence-electron chi connectivity index (χ1n) is 17.6. The molecule has 0 bridgehead atoms. The molecule has 8 aromatic carbocycles. The minimum Gasteiger partial charge on any atom is -0.497 e. The molecule has 52 heavy (non-hydrogen) atoms. The molecule has 0 saturated carbocycles. The summed E-state index contributed by atoms with van der Waals surface area (Å²) >= 11 is 0. The fourth-order valence-electron chi connectivity index (χ4n) is 7.53. The van der Waals surface area contributed by atoms with Crippen molar-refractivity contribution in [1.29, 1.82) is 0 Å². The van der Waals surface area contributed by atoms with Gasteiger partial charge in [0.15, 0.2) is 0 Å². The Morgan fingerprint density at radius 3 is 0.827 bits per heavy atom. The maximum atomic E-state index is 5.58. The molecular formula is C48H42O4. The summed E-state index contributed by atoms with van der Waals surface area (Å²) in [5.41, 5.74) is 10.4. The van der Waals surface area contributed by atoms with E-state index in [2.05, 4.69) is 124 Å². The molecule has 0 heterocycles. The van der Waals surface area contributed by atoms with Crippen molar-refractivity contribution in [3.8, 4) is 67.5 Å². The molecule has 8 rings (SSSR count). The Kier molecular flexibility index (Phi) is 8.26. The van der Waals surface area contributed by atoms with Gasteiger partial charge in [-0.15, -0.1) is 0 Å². The molecular weight excluding hydrogens is 641 g/mol. The zero-order valence-corrected chi connectivity index (χ0v) is 30.8. The number of benzene rings is 8. The maximum absolute atomic E-state index is 5.58. The molecule has 0 radical (unpaired) electrons.